The standard InChI is InChI=1S/C5H11N.C2HF6NO4S2/c1-6-4-2-3-5-6;3-1(4,5)14(10,11)9-15(12,13)2(6,7)8/h2-5H2,1H3;9H. The van der Waals surface area contributed by atoms with Crippen LogP contribution in [0.1, 0.15) is 12.8 Å². The molecular weight excluding hydrogens is 354 g/mol. The van der Waals surface area contributed by atoms with Crippen molar-refractivity contribution in [3.63, 3.8) is 0 Å². The molecule has 1 saturated heterocycles. The molecule has 0 saturated carbocycles. The van der Waals surface area contributed by atoms with Gasteiger partial charge in [0.1, 0.15) is 0 Å². The molecular formula is C7H12F6N2O4S2. The van der Waals surface area contributed by atoms with Crippen molar-refractivity contribution in [1.29, 1.82) is 0 Å². The van der Waals surface area contributed by atoms with Crippen molar-refractivity contribution in [2.45, 2.75) is 23.9 Å². The summed E-state index contributed by atoms with van der Waals surface area (Å²) in [4.78, 5) is 2.36. The molecule has 0 radical (unpaired) electrons. The van der Waals surface area contributed by atoms with Gasteiger partial charge in [0, 0.05) is 0 Å². The lowest BCUT2D eigenvalue weighted by Crippen LogP contribution is -2.45. The fraction of sp³-hybridized carbons (Fsp3) is 1.00. The van der Waals surface area contributed by atoms with Gasteiger partial charge >= 0.3 is 31.1 Å². The number of nitrogens with zero attached hydrogens (tertiary/aromatic N) is 1. The van der Waals surface area contributed by atoms with E-state index in [1.54, 1.807) is 0 Å². The van der Waals surface area contributed by atoms with Crippen molar-refractivity contribution < 1.29 is 43.2 Å². The Morgan fingerprint density at radius 2 is 1.10 bits per heavy atom. The number of alkyl halides is 6. The van der Waals surface area contributed by atoms with E-state index in [2.05, 4.69) is 11.9 Å². The van der Waals surface area contributed by atoms with E-state index in [1.807, 2.05) is 0 Å². The molecule has 21 heavy (non-hydrogen) atoms. The molecule has 1 N–H and O–H groups in total. The zero-order valence-corrected chi connectivity index (χ0v) is 12.1. The van der Waals surface area contributed by atoms with Crippen LogP contribution in [0.5, 0.6) is 0 Å². The first kappa shape index (κ1) is 20.4. The van der Waals surface area contributed by atoms with Crippen molar-refractivity contribution in [3.8, 4) is 0 Å². The second-order valence-electron chi connectivity index (χ2n) is 3.99. The Bertz CT molecular complexity index is 490. The Balaban J connectivity index is 0.000000547. The van der Waals surface area contributed by atoms with Gasteiger partial charge in [-0.25, -0.2) is 16.8 Å². The second kappa shape index (κ2) is 6.66. The van der Waals surface area contributed by atoms with Gasteiger partial charge in [0.25, 0.3) is 0 Å². The van der Waals surface area contributed by atoms with Gasteiger partial charge in [-0.3, -0.25) is 0 Å². The lowest BCUT2D eigenvalue weighted by Gasteiger charge is -2.11. The van der Waals surface area contributed by atoms with Crippen molar-refractivity contribution in [3.05, 3.63) is 0 Å². The van der Waals surface area contributed by atoms with Gasteiger partial charge in [0.05, 0.1) is 0 Å². The molecule has 0 atom stereocenters. The molecule has 0 amide bonds. The molecule has 0 aromatic rings. The molecule has 0 aliphatic carbocycles. The van der Waals surface area contributed by atoms with Gasteiger partial charge in [-0.2, -0.15) is 26.3 Å². The number of sulfonamides is 2. The highest BCUT2D eigenvalue weighted by molar-refractivity contribution is 8.05. The smallest absolute Gasteiger partial charge is 0.306 e. The second-order valence-corrected chi connectivity index (χ2v) is 7.60. The minimum atomic E-state index is -6.60. The quantitative estimate of drug-likeness (QED) is 0.737. The molecule has 0 unspecified atom stereocenters. The van der Waals surface area contributed by atoms with Crippen LogP contribution in [-0.4, -0.2) is 52.9 Å². The third-order valence-electron chi connectivity index (χ3n) is 2.16. The maximum absolute atomic E-state index is 11.5. The molecule has 0 aromatic heterocycles. The Hall–Kier alpha value is -0.600. The van der Waals surface area contributed by atoms with Gasteiger partial charge in [-0.05, 0) is 33.0 Å². The molecule has 1 aliphatic rings. The summed E-state index contributed by atoms with van der Waals surface area (Å²) in [5.41, 5.74) is -12.3. The molecule has 1 fully saturated rings. The number of halogens is 6. The zero-order valence-electron chi connectivity index (χ0n) is 10.5. The zero-order chi connectivity index (χ0) is 17.1. The molecule has 0 bridgehead atoms. The van der Waals surface area contributed by atoms with Crippen LogP contribution in [0.25, 0.3) is 0 Å². The average Bonchev–Trinajstić information content (AvgIpc) is 2.64. The first-order valence-corrected chi connectivity index (χ1v) is 8.16. The Kier molecular flexibility index (Phi) is 6.47. The predicted molar refractivity (Wildman–Crippen MR) is 59.8 cm³/mol. The minimum Gasteiger partial charge on any atom is -0.306 e. The Labute approximate surface area is 117 Å². The van der Waals surface area contributed by atoms with E-state index in [1.165, 1.54) is 25.9 Å². The van der Waals surface area contributed by atoms with Crippen LogP contribution < -0.4 is 4.13 Å². The summed E-state index contributed by atoms with van der Waals surface area (Å²) in [5, 5.41) is 0. The van der Waals surface area contributed by atoms with Crippen molar-refractivity contribution in [1.82, 2.24) is 9.03 Å². The number of rotatable bonds is 2. The normalized spacial score (nSPS) is 18.2. The summed E-state index contributed by atoms with van der Waals surface area (Å²) in [6, 6.07) is 0. The summed E-state index contributed by atoms with van der Waals surface area (Å²) in [6.45, 7) is 2.64. The van der Waals surface area contributed by atoms with E-state index in [0.29, 0.717) is 0 Å². The Morgan fingerprint density at radius 1 is 0.810 bits per heavy atom. The molecule has 0 spiro atoms. The minimum absolute atomic E-state index is 0.493. The first-order chi connectivity index (χ1) is 9.10. The average molecular weight is 366 g/mol. The number of hydrogen-bond acceptors (Lipinski definition) is 5. The van der Waals surface area contributed by atoms with Gasteiger partial charge in [-0.1, -0.05) is 4.13 Å². The molecule has 0 aromatic carbocycles. The molecule has 1 rings (SSSR count). The van der Waals surface area contributed by atoms with Gasteiger partial charge in [0.15, 0.2) is 0 Å². The van der Waals surface area contributed by atoms with Crippen LogP contribution in [0.15, 0.2) is 0 Å². The van der Waals surface area contributed by atoms with E-state index in [4.69, 9.17) is 0 Å². The maximum Gasteiger partial charge on any atom is 0.512 e. The Morgan fingerprint density at radius 3 is 1.24 bits per heavy atom. The fourth-order valence-corrected chi connectivity index (χ4v) is 3.03. The van der Waals surface area contributed by atoms with Crippen LogP contribution >= 0.6 is 0 Å². The van der Waals surface area contributed by atoms with E-state index in [9.17, 15) is 43.2 Å². The van der Waals surface area contributed by atoms with Crippen LogP contribution in [0.3, 0.4) is 0 Å². The summed E-state index contributed by atoms with van der Waals surface area (Å²) < 4.78 is 108. The van der Waals surface area contributed by atoms with Crippen molar-refractivity contribution in [2.24, 2.45) is 0 Å². The van der Waals surface area contributed by atoms with E-state index >= 15 is 0 Å². The van der Waals surface area contributed by atoms with Gasteiger partial charge < -0.3 is 4.90 Å². The summed E-state index contributed by atoms with van der Waals surface area (Å²) >= 11 is 0. The highest BCUT2D eigenvalue weighted by Gasteiger charge is 2.55. The highest BCUT2D eigenvalue weighted by atomic mass is 32.3. The molecule has 128 valence electrons. The molecule has 1 heterocycles. The largest absolute Gasteiger partial charge is 0.512 e. The van der Waals surface area contributed by atoms with Crippen LogP contribution in [0.4, 0.5) is 26.3 Å². The molecule has 1 aliphatic heterocycles. The van der Waals surface area contributed by atoms with Crippen LogP contribution in [0.2, 0.25) is 0 Å². The number of nitrogens with one attached hydrogen (secondary N) is 1. The van der Waals surface area contributed by atoms with Gasteiger partial charge in [0.2, 0.25) is 0 Å². The van der Waals surface area contributed by atoms with Crippen LogP contribution in [-0.2, 0) is 20.0 Å². The molecule has 6 nitrogen and oxygen atoms in total. The van der Waals surface area contributed by atoms with E-state index < -0.39 is 35.2 Å². The maximum atomic E-state index is 11.5. The SMILES string of the molecule is CN1CCCC1.O=S(=O)(NS(=O)(=O)C(F)(F)F)C(F)(F)F. The van der Waals surface area contributed by atoms with E-state index in [-0.39, 0.29) is 0 Å². The number of hydrogen-bond donors (Lipinski definition) is 1. The van der Waals surface area contributed by atoms with Crippen molar-refractivity contribution in [2.75, 3.05) is 20.1 Å². The fourth-order valence-electron chi connectivity index (χ4n) is 1.11. The summed E-state index contributed by atoms with van der Waals surface area (Å²) in [7, 11) is -11.0. The van der Waals surface area contributed by atoms with E-state index in [0.717, 1.165) is 0 Å². The number of likely N-dealkylation sites (tertiary alicyclic amines) is 1. The van der Waals surface area contributed by atoms with Gasteiger partial charge in [-0.15, -0.1) is 0 Å². The predicted octanol–water partition coefficient (Wildman–Crippen LogP) is 0.987. The molecule has 14 heteroatoms. The lowest BCUT2D eigenvalue weighted by atomic mass is 10.4. The third-order valence-corrected chi connectivity index (χ3v) is 5.13. The summed E-state index contributed by atoms with van der Waals surface area (Å²) in [6.07, 6.45) is 2.83. The third kappa shape index (κ3) is 6.36. The monoisotopic (exact) mass is 366 g/mol. The topological polar surface area (TPSA) is 83.6 Å². The van der Waals surface area contributed by atoms with Crippen molar-refractivity contribution >= 4 is 20.0 Å². The summed E-state index contributed by atoms with van der Waals surface area (Å²) in [5.74, 6) is 0. The van der Waals surface area contributed by atoms with Crippen LogP contribution in [0, 0.1) is 0 Å². The first-order valence-electron chi connectivity index (χ1n) is 5.20. The lowest BCUT2D eigenvalue weighted by molar-refractivity contribution is -0.0476. The highest BCUT2D eigenvalue weighted by Crippen LogP contribution is 2.27.